The van der Waals surface area contributed by atoms with Gasteiger partial charge in [-0.05, 0) is 19.1 Å². The Morgan fingerprint density at radius 1 is 1.53 bits per heavy atom. The topological polar surface area (TPSA) is 38.3 Å². The SMILES string of the molecule is C=CC(=O)NC(C)c1ccccc1OC. The van der Waals surface area contributed by atoms with Gasteiger partial charge in [-0.2, -0.15) is 0 Å². The van der Waals surface area contributed by atoms with Crippen LogP contribution in [0.4, 0.5) is 0 Å². The van der Waals surface area contributed by atoms with Crippen LogP contribution in [0.2, 0.25) is 0 Å². The van der Waals surface area contributed by atoms with E-state index in [1.54, 1.807) is 7.11 Å². The lowest BCUT2D eigenvalue weighted by molar-refractivity contribution is -0.117. The first-order valence-corrected chi connectivity index (χ1v) is 4.75. The summed E-state index contributed by atoms with van der Waals surface area (Å²) in [5.74, 6) is 0.586. The van der Waals surface area contributed by atoms with Gasteiger partial charge >= 0.3 is 0 Å². The quantitative estimate of drug-likeness (QED) is 0.764. The minimum Gasteiger partial charge on any atom is -0.496 e. The Hall–Kier alpha value is -1.77. The van der Waals surface area contributed by atoms with Crippen molar-refractivity contribution < 1.29 is 9.53 Å². The predicted octanol–water partition coefficient (Wildman–Crippen LogP) is 2.06. The Kier molecular flexibility index (Phi) is 3.92. The van der Waals surface area contributed by atoms with E-state index in [-0.39, 0.29) is 11.9 Å². The molecule has 1 aromatic carbocycles. The van der Waals surface area contributed by atoms with Crippen molar-refractivity contribution in [2.45, 2.75) is 13.0 Å². The van der Waals surface area contributed by atoms with Crippen LogP contribution in [0.1, 0.15) is 18.5 Å². The summed E-state index contributed by atoms with van der Waals surface area (Å²) >= 11 is 0. The number of nitrogens with one attached hydrogen (secondary N) is 1. The minimum atomic E-state index is -0.187. The first-order valence-electron chi connectivity index (χ1n) is 4.75. The van der Waals surface area contributed by atoms with Gasteiger partial charge in [0.1, 0.15) is 5.75 Å². The molecule has 80 valence electrons. The van der Waals surface area contributed by atoms with Gasteiger partial charge < -0.3 is 10.1 Å². The van der Waals surface area contributed by atoms with Crippen LogP contribution in [0.5, 0.6) is 5.75 Å². The molecule has 1 amide bonds. The Morgan fingerprint density at radius 2 is 2.20 bits per heavy atom. The first-order chi connectivity index (χ1) is 7.19. The maximum atomic E-state index is 11.1. The highest BCUT2D eigenvalue weighted by Gasteiger charge is 2.11. The molecular weight excluding hydrogens is 190 g/mol. The molecule has 0 heterocycles. The predicted molar refractivity (Wildman–Crippen MR) is 59.7 cm³/mol. The molecule has 0 fully saturated rings. The third-order valence-corrected chi connectivity index (χ3v) is 2.15. The van der Waals surface area contributed by atoms with Crippen LogP contribution in [0, 0.1) is 0 Å². The molecule has 0 saturated carbocycles. The smallest absolute Gasteiger partial charge is 0.243 e. The second-order valence-corrected chi connectivity index (χ2v) is 3.18. The molecule has 0 saturated heterocycles. The van der Waals surface area contributed by atoms with Crippen molar-refractivity contribution in [3.8, 4) is 5.75 Å². The van der Waals surface area contributed by atoms with E-state index in [9.17, 15) is 4.79 Å². The lowest BCUT2D eigenvalue weighted by Gasteiger charge is -2.15. The third-order valence-electron chi connectivity index (χ3n) is 2.15. The summed E-state index contributed by atoms with van der Waals surface area (Å²) in [6, 6.07) is 7.50. The fraction of sp³-hybridized carbons (Fsp3) is 0.250. The van der Waals surface area contributed by atoms with Crippen LogP contribution in [0.25, 0.3) is 0 Å². The van der Waals surface area contributed by atoms with Gasteiger partial charge in [-0.1, -0.05) is 24.8 Å². The van der Waals surface area contributed by atoms with Crippen molar-refractivity contribution in [1.29, 1.82) is 0 Å². The van der Waals surface area contributed by atoms with Gasteiger partial charge in [0, 0.05) is 5.56 Å². The summed E-state index contributed by atoms with van der Waals surface area (Å²) in [5, 5.41) is 2.78. The molecule has 1 aromatic rings. The maximum absolute atomic E-state index is 11.1. The van der Waals surface area contributed by atoms with Gasteiger partial charge in [0.15, 0.2) is 0 Å². The second-order valence-electron chi connectivity index (χ2n) is 3.18. The molecule has 15 heavy (non-hydrogen) atoms. The Bertz CT molecular complexity index is 360. The zero-order chi connectivity index (χ0) is 11.3. The number of methoxy groups -OCH3 is 1. The molecule has 3 nitrogen and oxygen atoms in total. The van der Waals surface area contributed by atoms with E-state index in [0.29, 0.717) is 0 Å². The number of rotatable bonds is 4. The van der Waals surface area contributed by atoms with Crippen LogP contribution in [-0.4, -0.2) is 13.0 Å². The number of para-hydroxylation sites is 1. The van der Waals surface area contributed by atoms with E-state index >= 15 is 0 Å². The number of amides is 1. The molecular formula is C12H15NO2. The highest BCUT2D eigenvalue weighted by molar-refractivity contribution is 5.87. The molecule has 1 rings (SSSR count). The molecule has 1 atom stereocenters. The molecule has 0 aliphatic rings. The summed E-state index contributed by atoms with van der Waals surface area (Å²) in [6.07, 6.45) is 1.26. The number of hydrogen-bond donors (Lipinski definition) is 1. The first kappa shape index (κ1) is 11.3. The van der Waals surface area contributed by atoms with Crippen molar-refractivity contribution in [2.75, 3.05) is 7.11 Å². The monoisotopic (exact) mass is 205 g/mol. The summed E-state index contributed by atoms with van der Waals surface area (Å²) < 4.78 is 5.20. The summed E-state index contributed by atoms with van der Waals surface area (Å²) in [5.41, 5.74) is 0.954. The van der Waals surface area contributed by atoms with E-state index < -0.39 is 0 Å². The molecule has 0 spiro atoms. The molecule has 0 radical (unpaired) electrons. The van der Waals surface area contributed by atoms with E-state index in [4.69, 9.17) is 4.74 Å². The molecule has 1 N–H and O–H groups in total. The number of carbonyl (C=O) groups excluding carboxylic acids is 1. The van der Waals surface area contributed by atoms with Crippen LogP contribution in [0.3, 0.4) is 0 Å². The molecule has 0 aliphatic heterocycles. The summed E-state index contributed by atoms with van der Waals surface area (Å²) in [4.78, 5) is 11.1. The van der Waals surface area contributed by atoms with E-state index in [0.717, 1.165) is 11.3 Å². The number of carbonyl (C=O) groups is 1. The standard InChI is InChI=1S/C12H15NO2/c1-4-12(14)13-9(2)10-7-5-6-8-11(10)15-3/h4-9H,1H2,2-3H3,(H,13,14). The normalized spacial score (nSPS) is 11.6. The molecule has 0 aromatic heterocycles. The zero-order valence-corrected chi connectivity index (χ0v) is 8.99. The average molecular weight is 205 g/mol. The number of ether oxygens (including phenoxy) is 1. The Balaban J connectivity index is 2.85. The van der Waals surface area contributed by atoms with Gasteiger partial charge in [0.25, 0.3) is 0 Å². The van der Waals surface area contributed by atoms with Gasteiger partial charge in [-0.3, -0.25) is 4.79 Å². The van der Waals surface area contributed by atoms with Crippen LogP contribution in [-0.2, 0) is 4.79 Å². The van der Waals surface area contributed by atoms with E-state index in [2.05, 4.69) is 11.9 Å². The third kappa shape index (κ3) is 2.84. The number of benzene rings is 1. The number of hydrogen-bond acceptors (Lipinski definition) is 2. The lowest BCUT2D eigenvalue weighted by Crippen LogP contribution is -2.24. The molecule has 0 aliphatic carbocycles. The Morgan fingerprint density at radius 3 is 2.80 bits per heavy atom. The van der Waals surface area contributed by atoms with Gasteiger partial charge in [0.05, 0.1) is 13.2 Å². The summed E-state index contributed by atoms with van der Waals surface area (Å²) in [6.45, 7) is 5.31. The highest BCUT2D eigenvalue weighted by atomic mass is 16.5. The van der Waals surface area contributed by atoms with Crippen LogP contribution >= 0.6 is 0 Å². The summed E-state index contributed by atoms with van der Waals surface area (Å²) in [7, 11) is 1.61. The van der Waals surface area contributed by atoms with Crippen molar-refractivity contribution in [2.24, 2.45) is 0 Å². The molecule has 3 heteroatoms. The zero-order valence-electron chi connectivity index (χ0n) is 8.99. The van der Waals surface area contributed by atoms with E-state index in [1.807, 2.05) is 31.2 Å². The van der Waals surface area contributed by atoms with E-state index in [1.165, 1.54) is 6.08 Å². The highest BCUT2D eigenvalue weighted by Crippen LogP contribution is 2.23. The van der Waals surface area contributed by atoms with Crippen molar-refractivity contribution in [3.63, 3.8) is 0 Å². The lowest BCUT2D eigenvalue weighted by atomic mass is 10.1. The van der Waals surface area contributed by atoms with Gasteiger partial charge in [-0.15, -0.1) is 0 Å². The second kappa shape index (κ2) is 5.20. The Labute approximate surface area is 89.8 Å². The molecule has 1 unspecified atom stereocenters. The fourth-order valence-electron chi connectivity index (χ4n) is 1.37. The largest absolute Gasteiger partial charge is 0.496 e. The van der Waals surface area contributed by atoms with Crippen molar-refractivity contribution in [3.05, 3.63) is 42.5 Å². The van der Waals surface area contributed by atoms with Gasteiger partial charge in [0.2, 0.25) is 5.91 Å². The van der Waals surface area contributed by atoms with Crippen LogP contribution in [0.15, 0.2) is 36.9 Å². The van der Waals surface area contributed by atoms with Gasteiger partial charge in [-0.25, -0.2) is 0 Å². The van der Waals surface area contributed by atoms with Crippen LogP contribution < -0.4 is 10.1 Å². The minimum absolute atomic E-state index is 0.0911. The van der Waals surface area contributed by atoms with Crippen molar-refractivity contribution >= 4 is 5.91 Å². The average Bonchev–Trinajstić information content (AvgIpc) is 2.28. The fourth-order valence-corrected chi connectivity index (χ4v) is 1.37. The maximum Gasteiger partial charge on any atom is 0.243 e. The molecule has 0 bridgehead atoms. The van der Waals surface area contributed by atoms with Crippen molar-refractivity contribution in [1.82, 2.24) is 5.32 Å².